The predicted molar refractivity (Wildman–Crippen MR) is 72.5 cm³/mol. The number of carbonyl (C=O) groups excluding carboxylic acids is 2. The Hall–Kier alpha value is -1.93. The summed E-state index contributed by atoms with van der Waals surface area (Å²) in [5.74, 6) is -1.59. The van der Waals surface area contributed by atoms with E-state index in [0.29, 0.717) is 0 Å². The standard InChI is InChI=1S/C15H16F3NO4/c1-9(20)13(2,3)8-23-14(15(16,17)18)11-7-5-4-6-10(11)12(21)19(14)22/h4-7,22H,8H2,1-3H3. The summed E-state index contributed by atoms with van der Waals surface area (Å²) in [6.07, 6.45) is -5.10. The molecule has 23 heavy (non-hydrogen) atoms. The highest BCUT2D eigenvalue weighted by atomic mass is 19.4. The fraction of sp³-hybridized carbons (Fsp3) is 0.467. The molecule has 0 bridgehead atoms. The lowest BCUT2D eigenvalue weighted by atomic mass is 9.90. The highest BCUT2D eigenvalue weighted by Gasteiger charge is 2.68. The Kier molecular flexibility index (Phi) is 4.02. The highest BCUT2D eigenvalue weighted by molar-refractivity contribution is 5.99. The molecular formula is C15H16F3NO4. The molecule has 0 radical (unpaired) electrons. The van der Waals surface area contributed by atoms with Crippen LogP contribution in [0.15, 0.2) is 24.3 Å². The summed E-state index contributed by atoms with van der Waals surface area (Å²) in [6, 6.07) is 4.94. The van der Waals surface area contributed by atoms with E-state index in [-0.39, 0.29) is 11.3 Å². The van der Waals surface area contributed by atoms with E-state index in [4.69, 9.17) is 4.74 Å². The van der Waals surface area contributed by atoms with Crippen molar-refractivity contribution in [2.75, 3.05) is 6.61 Å². The molecule has 0 aromatic heterocycles. The van der Waals surface area contributed by atoms with E-state index in [1.54, 1.807) is 0 Å². The summed E-state index contributed by atoms with van der Waals surface area (Å²) in [6.45, 7) is 3.45. The predicted octanol–water partition coefficient (Wildman–Crippen LogP) is 2.88. The molecule has 1 amide bonds. The quantitative estimate of drug-likeness (QED) is 0.862. The third kappa shape index (κ3) is 2.51. The summed E-state index contributed by atoms with van der Waals surface area (Å²) in [4.78, 5) is 23.5. The number of rotatable bonds is 4. The normalized spacial score (nSPS) is 21.5. The fourth-order valence-electron chi connectivity index (χ4n) is 2.22. The zero-order valence-electron chi connectivity index (χ0n) is 12.8. The van der Waals surface area contributed by atoms with Gasteiger partial charge in [0, 0.05) is 11.0 Å². The largest absolute Gasteiger partial charge is 0.443 e. The monoisotopic (exact) mass is 331 g/mol. The average molecular weight is 331 g/mol. The Labute approximate surface area is 130 Å². The number of ether oxygens (including phenoxy) is 1. The van der Waals surface area contributed by atoms with E-state index in [2.05, 4.69) is 0 Å². The second-order valence-electron chi connectivity index (χ2n) is 6.03. The zero-order valence-corrected chi connectivity index (χ0v) is 12.8. The highest BCUT2D eigenvalue weighted by Crippen LogP contribution is 2.50. The van der Waals surface area contributed by atoms with Crippen LogP contribution in [0, 0.1) is 5.41 Å². The van der Waals surface area contributed by atoms with Crippen molar-refractivity contribution in [3.8, 4) is 0 Å². The van der Waals surface area contributed by atoms with E-state index in [1.165, 1.54) is 39.0 Å². The zero-order chi connectivity index (χ0) is 17.6. The smallest absolute Gasteiger partial charge is 0.341 e. The summed E-state index contributed by atoms with van der Waals surface area (Å²) in [5.41, 5.74) is -5.33. The first-order valence-corrected chi connectivity index (χ1v) is 6.80. The van der Waals surface area contributed by atoms with E-state index in [9.17, 15) is 28.0 Å². The van der Waals surface area contributed by atoms with Crippen LogP contribution in [0.1, 0.15) is 36.7 Å². The maximum Gasteiger partial charge on any atom is 0.443 e. The van der Waals surface area contributed by atoms with Gasteiger partial charge in [-0.2, -0.15) is 18.2 Å². The van der Waals surface area contributed by atoms with Gasteiger partial charge in [-0.3, -0.25) is 14.8 Å². The number of amides is 1. The molecule has 1 atom stereocenters. The van der Waals surface area contributed by atoms with Gasteiger partial charge in [-0.05, 0) is 13.0 Å². The number of hydrogen-bond acceptors (Lipinski definition) is 4. The number of carbonyl (C=O) groups is 2. The van der Waals surface area contributed by atoms with Crippen molar-refractivity contribution in [1.29, 1.82) is 0 Å². The summed E-state index contributed by atoms with van der Waals surface area (Å²) >= 11 is 0. The molecule has 0 aliphatic carbocycles. The minimum absolute atomic E-state index is 0.298. The van der Waals surface area contributed by atoms with Crippen LogP contribution >= 0.6 is 0 Å². The number of fused-ring (bicyclic) bond motifs is 1. The van der Waals surface area contributed by atoms with Crippen molar-refractivity contribution in [2.45, 2.75) is 32.7 Å². The Balaban J connectivity index is 2.55. The van der Waals surface area contributed by atoms with E-state index >= 15 is 0 Å². The van der Waals surface area contributed by atoms with Crippen LogP contribution in [0.3, 0.4) is 0 Å². The van der Waals surface area contributed by atoms with Crippen LogP contribution in [0.5, 0.6) is 0 Å². The first-order valence-electron chi connectivity index (χ1n) is 6.80. The van der Waals surface area contributed by atoms with Gasteiger partial charge in [0.15, 0.2) is 0 Å². The fourth-order valence-corrected chi connectivity index (χ4v) is 2.22. The average Bonchev–Trinajstić information content (AvgIpc) is 2.67. The molecule has 126 valence electrons. The Morgan fingerprint density at radius 1 is 1.30 bits per heavy atom. The molecular weight excluding hydrogens is 315 g/mol. The van der Waals surface area contributed by atoms with Gasteiger partial charge in [-0.15, -0.1) is 0 Å². The van der Waals surface area contributed by atoms with Crippen LogP contribution in [0.4, 0.5) is 13.2 Å². The molecule has 8 heteroatoms. The molecule has 0 saturated carbocycles. The van der Waals surface area contributed by atoms with Gasteiger partial charge in [0.1, 0.15) is 5.78 Å². The van der Waals surface area contributed by atoms with Crippen molar-refractivity contribution in [1.82, 2.24) is 5.06 Å². The third-order valence-electron chi connectivity index (χ3n) is 3.99. The topological polar surface area (TPSA) is 66.8 Å². The van der Waals surface area contributed by atoms with Crippen molar-refractivity contribution in [3.05, 3.63) is 35.4 Å². The second-order valence-corrected chi connectivity index (χ2v) is 6.03. The molecule has 0 fully saturated rings. The van der Waals surface area contributed by atoms with E-state index in [1.807, 2.05) is 0 Å². The molecule has 2 rings (SSSR count). The van der Waals surface area contributed by atoms with Crippen molar-refractivity contribution >= 4 is 11.7 Å². The van der Waals surface area contributed by atoms with Gasteiger partial charge in [0.25, 0.3) is 11.6 Å². The number of benzene rings is 1. The number of Topliss-reactive ketones (excluding diaryl/α,β-unsaturated/α-hetero) is 1. The molecule has 1 aliphatic rings. The van der Waals surface area contributed by atoms with Gasteiger partial charge in [-0.1, -0.05) is 32.0 Å². The first kappa shape index (κ1) is 17.4. The molecule has 1 heterocycles. The van der Waals surface area contributed by atoms with Crippen LogP contribution in [0.25, 0.3) is 0 Å². The summed E-state index contributed by atoms with van der Waals surface area (Å²) in [5, 5.41) is 9.40. The molecule has 1 aliphatic heterocycles. The summed E-state index contributed by atoms with van der Waals surface area (Å²) < 4.78 is 46.2. The third-order valence-corrected chi connectivity index (χ3v) is 3.99. The molecule has 1 unspecified atom stereocenters. The maximum absolute atomic E-state index is 13.7. The number of ketones is 1. The minimum Gasteiger partial charge on any atom is -0.341 e. The first-order chi connectivity index (χ1) is 10.4. The molecule has 1 aromatic carbocycles. The molecule has 5 nitrogen and oxygen atoms in total. The van der Waals surface area contributed by atoms with Crippen LogP contribution in [-0.2, 0) is 15.3 Å². The van der Waals surface area contributed by atoms with Crippen molar-refractivity contribution in [2.24, 2.45) is 5.41 Å². The SMILES string of the molecule is CC(=O)C(C)(C)COC1(C(F)(F)F)c2ccccc2C(=O)N1O. The maximum atomic E-state index is 13.7. The molecule has 0 saturated heterocycles. The Morgan fingerprint density at radius 3 is 2.39 bits per heavy atom. The number of hydroxylamine groups is 2. The molecule has 1 N–H and O–H groups in total. The van der Waals surface area contributed by atoms with Gasteiger partial charge < -0.3 is 4.74 Å². The van der Waals surface area contributed by atoms with Crippen molar-refractivity contribution in [3.63, 3.8) is 0 Å². The van der Waals surface area contributed by atoms with Crippen LogP contribution in [0.2, 0.25) is 0 Å². The lowest BCUT2D eigenvalue weighted by molar-refractivity contribution is -0.381. The van der Waals surface area contributed by atoms with Crippen LogP contribution < -0.4 is 0 Å². The van der Waals surface area contributed by atoms with Gasteiger partial charge in [-0.25, -0.2) is 0 Å². The number of alkyl halides is 3. The molecule has 1 aromatic rings. The number of hydrogen-bond donors (Lipinski definition) is 1. The van der Waals surface area contributed by atoms with Gasteiger partial charge in [0.05, 0.1) is 12.2 Å². The second kappa shape index (κ2) is 5.31. The molecule has 0 spiro atoms. The lowest BCUT2D eigenvalue weighted by Gasteiger charge is -2.38. The lowest BCUT2D eigenvalue weighted by Crippen LogP contribution is -2.56. The van der Waals surface area contributed by atoms with Crippen LogP contribution in [-0.4, -0.2) is 34.7 Å². The Bertz CT molecular complexity index is 656. The minimum atomic E-state index is -5.10. The number of nitrogens with zero attached hydrogens (tertiary/aromatic N) is 1. The van der Waals surface area contributed by atoms with Gasteiger partial charge in [0.2, 0.25) is 0 Å². The number of halogens is 3. The van der Waals surface area contributed by atoms with E-state index in [0.717, 1.165) is 6.07 Å². The van der Waals surface area contributed by atoms with Gasteiger partial charge >= 0.3 is 6.18 Å². The Morgan fingerprint density at radius 2 is 1.87 bits per heavy atom. The van der Waals surface area contributed by atoms with E-state index < -0.39 is 40.5 Å². The summed E-state index contributed by atoms with van der Waals surface area (Å²) in [7, 11) is 0. The van der Waals surface area contributed by atoms with Crippen molar-refractivity contribution < 1.29 is 32.7 Å².